The average Bonchev–Trinajstić information content (AvgIpc) is 2.86. The van der Waals surface area contributed by atoms with Crippen molar-refractivity contribution in [3.05, 3.63) is 23.3 Å². The van der Waals surface area contributed by atoms with Crippen LogP contribution in [0.25, 0.3) is 0 Å². The number of carbonyl (C=O) groups is 1. The Kier molecular flexibility index (Phi) is 2.77. The smallest absolute Gasteiger partial charge is 0.408 e. The lowest BCUT2D eigenvalue weighted by Gasteiger charge is -2.19. The topological polar surface area (TPSA) is 60.8 Å². The Morgan fingerprint density at radius 2 is 2.33 bits per heavy atom. The third kappa shape index (κ3) is 1.90. The van der Waals surface area contributed by atoms with Crippen molar-refractivity contribution in [2.75, 3.05) is 13.2 Å². The SMILES string of the molecule is O=C(O)N1CC(C2=CCCC2)=CC1CO. The van der Waals surface area contributed by atoms with Crippen LogP contribution in [0.5, 0.6) is 0 Å². The van der Waals surface area contributed by atoms with Crippen LogP contribution in [0.15, 0.2) is 23.3 Å². The molecule has 0 radical (unpaired) electrons. The number of aliphatic hydroxyl groups excluding tert-OH is 1. The Hall–Kier alpha value is -1.29. The van der Waals surface area contributed by atoms with E-state index in [0.717, 1.165) is 24.8 Å². The zero-order valence-corrected chi connectivity index (χ0v) is 8.52. The molecule has 4 heteroatoms. The number of nitrogens with zero attached hydrogens (tertiary/aromatic N) is 1. The van der Waals surface area contributed by atoms with Crippen LogP contribution in [0.1, 0.15) is 19.3 Å². The standard InChI is InChI=1S/C11H15NO3/c13-7-10-5-9(6-12(10)11(14)15)8-3-1-2-4-8/h3,5,10,13H,1-2,4,6-7H2,(H,14,15). The first-order valence-electron chi connectivity index (χ1n) is 5.23. The molecule has 0 spiro atoms. The fourth-order valence-corrected chi connectivity index (χ4v) is 2.21. The van der Waals surface area contributed by atoms with Crippen molar-refractivity contribution >= 4 is 6.09 Å². The Bertz CT molecular complexity index is 333. The minimum atomic E-state index is -0.959. The maximum absolute atomic E-state index is 10.9. The highest BCUT2D eigenvalue weighted by molar-refractivity contribution is 5.68. The summed E-state index contributed by atoms with van der Waals surface area (Å²) in [6.45, 7) is 0.287. The number of aliphatic hydroxyl groups is 1. The van der Waals surface area contributed by atoms with Gasteiger partial charge < -0.3 is 10.2 Å². The fraction of sp³-hybridized carbons (Fsp3) is 0.545. The summed E-state index contributed by atoms with van der Waals surface area (Å²) in [4.78, 5) is 12.2. The largest absolute Gasteiger partial charge is 0.465 e. The second kappa shape index (κ2) is 4.06. The molecule has 82 valence electrons. The fourth-order valence-electron chi connectivity index (χ4n) is 2.21. The number of hydrogen-bond donors (Lipinski definition) is 2. The van der Waals surface area contributed by atoms with E-state index in [9.17, 15) is 4.79 Å². The molecule has 1 atom stereocenters. The van der Waals surface area contributed by atoms with Crippen LogP contribution in [-0.4, -0.2) is 40.4 Å². The Morgan fingerprint density at radius 1 is 1.53 bits per heavy atom. The summed E-state index contributed by atoms with van der Waals surface area (Å²) in [7, 11) is 0. The minimum Gasteiger partial charge on any atom is -0.465 e. The van der Waals surface area contributed by atoms with Crippen molar-refractivity contribution in [3.63, 3.8) is 0 Å². The molecule has 1 amide bonds. The highest BCUT2D eigenvalue weighted by atomic mass is 16.4. The monoisotopic (exact) mass is 209 g/mol. The van der Waals surface area contributed by atoms with Gasteiger partial charge in [-0.15, -0.1) is 0 Å². The number of hydrogen-bond acceptors (Lipinski definition) is 2. The average molecular weight is 209 g/mol. The maximum atomic E-state index is 10.9. The lowest BCUT2D eigenvalue weighted by molar-refractivity contribution is 0.124. The summed E-state index contributed by atoms with van der Waals surface area (Å²) < 4.78 is 0. The Labute approximate surface area is 88.5 Å². The van der Waals surface area contributed by atoms with Gasteiger partial charge in [-0.2, -0.15) is 0 Å². The first-order chi connectivity index (χ1) is 7.22. The van der Waals surface area contributed by atoms with Gasteiger partial charge in [0.1, 0.15) is 0 Å². The molecule has 0 aromatic heterocycles. The molecular weight excluding hydrogens is 194 g/mol. The van der Waals surface area contributed by atoms with Crippen molar-refractivity contribution in [2.24, 2.45) is 0 Å². The molecule has 2 rings (SSSR count). The van der Waals surface area contributed by atoms with Crippen LogP contribution in [0.3, 0.4) is 0 Å². The lowest BCUT2D eigenvalue weighted by Crippen LogP contribution is -2.37. The Morgan fingerprint density at radius 3 is 2.80 bits per heavy atom. The normalized spacial score (nSPS) is 25.4. The maximum Gasteiger partial charge on any atom is 0.408 e. The predicted molar refractivity (Wildman–Crippen MR) is 55.6 cm³/mol. The van der Waals surface area contributed by atoms with Crippen molar-refractivity contribution in [3.8, 4) is 0 Å². The molecule has 4 nitrogen and oxygen atoms in total. The van der Waals surface area contributed by atoms with E-state index in [2.05, 4.69) is 6.08 Å². The molecule has 2 aliphatic rings. The molecule has 2 N–H and O–H groups in total. The molecule has 1 unspecified atom stereocenters. The molecule has 0 bridgehead atoms. The van der Waals surface area contributed by atoms with E-state index in [0.29, 0.717) is 6.54 Å². The Balaban J connectivity index is 2.13. The molecule has 15 heavy (non-hydrogen) atoms. The third-order valence-electron chi connectivity index (χ3n) is 3.02. The number of allylic oxidation sites excluding steroid dienone is 1. The van der Waals surface area contributed by atoms with Crippen LogP contribution in [0, 0.1) is 0 Å². The zero-order valence-electron chi connectivity index (χ0n) is 8.52. The first kappa shape index (κ1) is 10.2. The highest BCUT2D eigenvalue weighted by Gasteiger charge is 2.29. The molecular formula is C11H15NO3. The molecule has 1 aliphatic heterocycles. The van der Waals surface area contributed by atoms with Crippen molar-refractivity contribution in [1.82, 2.24) is 4.90 Å². The van der Waals surface area contributed by atoms with Gasteiger partial charge >= 0.3 is 6.09 Å². The third-order valence-corrected chi connectivity index (χ3v) is 3.02. The molecule has 1 heterocycles. The van der Waals surface area contributed by atoms with Crippen LogP contribution in [0.2, 0.25) is 0 Å². The van der Waals surface area contributed by atoms with E-state index < -0.39 is 6.09 Å². The molecule has 0 saturated carbocycles. The molecule has 0 aromatic carbocycles. The highest BCUT2D eigenvalue weighted by Crippen LogP contribution is 2.29. The number of carboxylic acid groups (broad SMARTS) is 1. The number of rotatable bonds is 2. The summed E-state index contributed by atoms with van der Waals surface area (Å²) in [6.07, 6.45) is 6.38. The van der Waals surface area contributed by atoms with E-state index in [1.54, 1.807) is 0 Å². The summed E-state index contributed by atoms with van der Waals surface area (Å²) in [5.74, 6) is 0. The van der Waals surface area contributed by atoms with Gasteiger partial charge in [0.15, 0.2) is 0 Å². The van der Waals surface area contributed by atoms with Gasteiger partial charge in [0.2, 0.25) is 0 Å². The van der Waals surface area contributed by atoms with E-state index in [1.807, 2.05) is 6.08 Å². The summed E-state index contributed by atoms with van der Waals surface area (Å²) in [5.41, 5.74) is 2.34. The van der Waals surface area contributed by atoms with Gasteiger partial charge in [-0.3, -0.25) is 4.90 Å². The van der Waals surface area contributed by atoms with Crippen molar-refractivity contribution in [1.29, 1.82) is 0 Å². The molecule has 0 fully saturated rings. The van der Waals surface area contributed by atoms with Crippen molar-refractivity contribution < 1.29 is 15.0 Å². The van der Waals surface area contributed by atoms with Gasteiger partial charge in [-0.1, -0.05) is 12.2 Å². The number of amides is 1. The van der Waals surface area contributed by atoms with Gasteiger partial charge in [0, 0.05) is 6.54 Å². The van der Waals surface area contributed by atoms with Crippen LogP contribution in [0.4, 0.5) is 4.79 Å². The van der Waals surface area contributed by atoms with Gasteiger partial charge in [-0.25, -0.2) is 4.79 Å². The van der Waals surface area contributed by atoms with Crippen LogP contribution in [-0.2, 0) is 0 Å². The lowest BCUT2D eigenvalue weighted by atomic mass is 10.1. The van der Waals surface area contributed by atoms with E-state index in [4.69, 9.17) is 10.2 Å². The van der Waals surface area contributed by atoms with E-state index in [-0.39, 0.29) is 12.6 Å². The van der Waals surface area contributed by atoms with E-state index in [1.165, 1.54) is 10.5 Å². The molecule has 0 aromatic rings. The van der Waals surface area contributed by atoms with Crippen LogP contribution < -0.4 is 0 Å². The summed E-state index contributed by atoms with van der Waals surface area (Å²) in [5, 5.41) is 18.0. The van der Waals surface area contributed by atoms with Gasteiger partial charge in [0.25, 0.3) is 0 Å². The summed E-state index contributed by atoms with van der Waals surface area (Å²) >= 11 is 0. The first-order valence-corrected chi connectivity index (χ1v) is 5.23. The minimum absolute atomic E-state index is 0.136. The van der Waals surface area contributed by atoms with Crippen molar-refractivity contribution in [2.45, 2.75) is 25.3 Å². The molecule has 1 aliphatic carbocycles. The van der Waals surface area contributed by atoms with Gasteiger partial charge in [0.05, 0.1) is 12.6 Å². The van der Waals surface area contributed by atoms with Gasteiger partial charge in [-0.05, 0) is 30.4 Å². The summed E-state index contributed by atoms with van der Waals surface area (Å²) in [6, 6.07) is -0.362. The second-order valence-electron chi connectivity index (χ2n) is 3.97. The van der Waals surface area contributed by atoms with Crippen LogP contribution >= 0.6 is 0 Å². The van der Waals surface area contributed by atoms with E-state index >= 15 is 0 Å². The molecule has 0 saturated heterocycles. The zero-order chi connectivity index (χ0) is 10.8. The predicted octanol–water partition coefficient (Wildman–Crippen LogP) is 1.38. The quantitative estimate of drug-likeness (QED) is 0.722. The second-order valence-corrected chi connectivity index (χ2v) is 3.97.